The number of carboxylic acids is 2. The van der Waals surface area contributed by atoms with Gasteiger partial charge in [0.1, 0.15) is 18.1 Å². The van der Waals surface area contributed by atoms with Crippen LogP contribution in [0.3, 0.4) is 0 Å². The number of nitrogens with two attached hydrogens (primary N) is 1. The molecule has 1 aromatic carbocycles. The maximum atomic E-state index is 13.1. The monoisotopic (exact) mass is 524 g/mol. The number of rotatable bonds is 16. The van der Waals surface area contributed by atoms with Gasteiger partial charge in [-0.25, -0.2) is 4.79 Å². The summed E-state index contributed by atoms with van der Waals surface area (Å²) >= 11 is 1.53. The number of carbonyl (C=O) groups is 5. The first-order chi connectivity index (χ1) is 17.0. The smallest absolute Gasteiger partial charge is 0.326 e. The Labute approximate surface area is 215 Å². The van der Waals surface area contributed by atoms with E-state index in [1.807, 2.05) is 13.2 Å². The average molecular weight is 525 g/mol. The van der Waals surface area contributed by atoms with Crippen LogP contribution in [0.2, 0.25) is 0 Å². The minimum absolute atomic E-state index is 0.0326. The van der Waals surface area contributed by atoms with E-state index >= 15 is 0 Å². The van der Waals surface area contributed by atoms with E-state index in [-0.39, 0.29) is 12.3 Å². The molecular weight excluding hydrogens is 488 g/mol. The Hall–Kier alpha value is -3.12. The van der Waals surface area contributed by atoms with Crippen molar-refractivity contribution in [1.29, 1.82) is 0 Å². The Morgan fingerprint density at radius 1 is 0.944 bits per heavy atom. The number of amides is 3. The van der Waals surface area contributed by atoms with E-state index in [1.165, 1.54) is 11.8 Å². The lowest BCUT2D eigenvalue weighted by atomic mass is 9.97. The summed E-state index contributed by atoms with van der Waals surface area (Å²) in [4.78, 5) is 61.6. The van der Waals surface area contributed by atoms with Gasteiger partial charge in [-0.05, 0) is 29.9 Å². The summed E-state index contributed by atoms with van der Waals surface area (Å²) in [6.07, 6.45) is 1.98. The standard InChI is InChI=1S/C24H36N4O7S/c1-4-14(2)20(28-21(31)16(25)10-11-36-3)23(33)26-17(13-19(29)30)22(32)27-18(24(34)35)12-15-8-6-5-7-9-15/h5-9,14,16-18,20H,4,10-13,25H2,1-3H3,(H,26,33)(H,27,32)(H,28,31)(H,29,30)(H,34,35). The molecule has 0 fully saturated rings. The van der Waals surface area contributed by atoms with Crippen molar-refractivity contribution in [2.24, 2.45) is 11.7 Å². The number of nitrogens with one attached hydrogen (secondary N) is 3. The van der Waals surface area contributed by atoms with Crippen LogP contribution in [0.4, 0.5) is 0 Å². The van der Waals surface area contributed by atoms with E-state index in [1.54, 1.807) is 37.3 Å². The fraction of sp³-hybridized carbons (Fsp3) is 0.542. The molecule has 0 radical (unpaired) electrons. The van der Waals surface area contributed by atoms with Crippen LogP contribution in [0.5, 0.6) is 0 Å². The molecule has 36 heavy (non-hydrogen) atoms. The average Bonchev–Trinajstić information content (AvgIpc) is 2.84. The van der Waals surface area contributed by atoms with Crippen molar-refractivity contribution in [3.8, 4) is 0 Å². The van der Waals surface area contributed by atoms with Crippen molar-refractivity contribution in [1.82, 2.24) is 16.0 Å². The van der Waals surface area contributed by atoms with E-state index in [9.17, 15) is 34.2 Å². The summed E-state index contributed by atoms with van der Waals surface area (Å²) in [5, 5.41) is 26.1. The molecule has 0 aliphatic heterocycles. The van der Waals surface area contributed by atoms with E-state index in [0.29, 0.717) is 24.2 Å². The fourth-order valence-electron chi connectivity index (χ4n) is 3.31. The van der Waals surface area contributed by atoms with Crippen molar-refractivity contribution in [3.63, 3.8) is 0 Å². The van der Waals surface area contributed by atoms with Gasteiger partial charge in [-0.3, -0.25) is 19.2 Å². The minimum Gasteiger partial charge on any atom is -0.481 e. The highest BCUT2D eigenvalue weighted by atomic mass is 32.2. The number of hydrogen-bond acceptors (Lipinski definition) is 7. The molecule has 0 saturated heterocycles. The van der Waals surface area contributed by atoms with Crippen LogP contribution in [0.15, 0.2) is 30.3 Å². The largest absolute Gasteiger partial charge is 0.481 e. The molecule has 0 aliphatic rings. The molecule has 1 rings (SSSR count). The van der Waals surface area contributed by atoms with E-state index < -0.39 is 60.2 Å². The molecule has 3 amide bonds. The van der Waals surface area contributed by atoms with Gasteiger partial charge in [0.25, 0.3) is 0 Å². The lowest BCUT2D eigenvalue weighted by Crippen LogP contribution is -2.59. The number of carbonyl (C=O) groups excluding carboxylic acids is 3. The summed E-state index contributed by atoms with van der Waals surface area (Å²) in [5.41, 5.74) is 6.55. The lowest BCUT2D eigenvalue weighted by molar-refractivity contribution is -0.143. The highest BCUT2D eigenvalue weighted by molar-refractivity contribution is 7.98. The normalized spacial score (nSPS) is 15.0. The maximum absolute atomic E-state index is 13.1. The highest BCUT2D eigenvalue weighted by Gasteiger charge is 2.33. The second-order valence-electron chi connectivity index (χ2n) is 8.51. The zero-order valence-electron chi connectivity index (χ0n) is 20.7. The third kappa shape index (κ3) is 10.6. The van der Waals surface area contributed by atoms with E-state index in [2.05, 4.69) is 16.0 Å². The molecule has 7 N–H and O–H groups in total. The molecule has 5 unspecified atom stereocenters. The zero-order valence-corrected chi connectivity index (χ0v) is 21.5. The van der Waals surface area contributed by atoms with E-state index in [4.69, 9.17) is 5.73 Å². The number of carboxylic acid groups (broad SMARTS) is 2. The molecule has 12 heteroatoms. The van der Waals surface area contributed by atoms with Crippen molar-refractivity contribution in [2.75, 3.05) is 12.0 Å². The van der Waals surface area contributed by atoms with Gasteiger partial charge in [-0.1, -0.05) is 50.6 Å². The molecule has 11 nitrogen and oxygen atoms in total. The zero-order chi connectivity index (χ0) is 27.3. The summed E-state index contributed by atoms with van der Waals surface area (Å²) in [7, 11) is 0. The first kappa shape index (κ1) is 30.9. The van der Waals surface area contributed by atoms with Crippen molar-refractivity contribution in [3.05, 3.63) is 35.9 Å². The van der Waals surface area contributed by atoms with Gasteiger partial charge in [0.05, 0.1) is 12.5 Å². The summed E-state index contributed by atoms with van der Waals surface area (Å²) in [6, 6.07) is 3.81. The van der Waals surface area contributed by atoms with Crippen LogP contribution < -0.4 is 21.7 Å². The van der Waals surface area contributed by atoms with Gasteiger partial charge in [-0.2, -0.15) is 11.8 Å². The number of benzene rings is 1. The van der Waals surface area contributed by atoms with Gasteiger partial charge in [0.2, 0.25) is 17.7 Å². The number of thioether (sulfide) groups is 1. The molecular formula is C24H36N4O7S. The van der Waals surface area contributed by atoms with Crippen molar-refractivity contribution in [2.45, 2.75) is 63.7 Å². The second-order valence-corrected chi connectivity index (χ2v) is 9.49. The molecule has 1 aromatic rings. The van der Waals surface area contributed by atoms with Gasteiger partial charge in [0.15, 0.2) is 0 Å². The van der Waals surface area contributed by atoms with Crippen LogP contribution in [0.25, 0.3) is 0 Å². The fourth-order valence-corrected chi connectivity index (χ4v) is 3.80. The van der Waals surface area contributed by atoms with Gasteiger partial charge < -0.3 is 31.9 Å². The minimum atomic E-state index is -1.55. The van der Waals surface area contributed by atoms with Crippen molar-refractivity contribution < 1.29 is 34.2 Å². The lowest BCUT2D eigenvalue weighted by Gasteiger charge is -2.27. The van der Waals surface area contributed by atoms with Crippen LogP contribution in [0, 0.1) is 5.92 Å². The van der Waals surface area contributed by atoms with Crippen LogP contribution in [-0.4, -0.2) is 76.0 Å². The molecule has 0 bridgehead atoms. The summed E-state index contributed by atoms with van der Waals surface area (Å²) < 4.78 is 0. The summed E-state index contributed by atoms with van der Waals surface area (Å²) in [6.45, 7) is 3.54. The molecule has 0 aliphatic carbocycles. The third-order valence-corrected chi connectivity index (χ3v) is 6.32. The second kappa shape index (κ2) is 15.8. The van der Waals surface area contributed by atoms with Gasteiger partial charge in [0, 0.05) is 6.42 Å². The quantitative estimate of drug-likeness (QED) is 0.177. The molecule has 0 aromatic heterocycles. The molecule has 0 spiro atoms. The van der Waals surface area contributed by atoms with E-state index in [0.717, 1.165) is 0 Å². The molecule has 0 saturated carbocycles. The first-order valence-corrected chi connectivity index (χ1v) is 13.0. The Morgan fingerprint density at radius 2 is 1.56 bits per heavy atom. The van der Waals surface area contributed by atoms with Crippen LogP contribution in [-0.2, 0) is 30.4 Å². The van der Waals surface area contributed by atoms with Crippen LogP contribution >= 0.6 is 11.8 Å². The first-order valence-electron chi connectivity index (χ1n) is 11.6. The SMILES string of the molecule is CCC(C)C(NC(=O)C(N)CCSC)C(=O)NC(CC(=O)O)C(=O)NC(Cc1ccccc1)C(=O)O. The summed E-state index contributed by atoms with van der Waals surface area (Å²) in [5.74, 6) is -4.61. The van der Waals surface area contributed by atoms with Gasteiger partial charge >= 0.3 is 11.9 Å². The predicted octanol–water partition coefficient (Wildman–Crippen LogP) is 0.369. The highest BCUT2D eigenvalue weighted by Crippen LogP contribution is 2.11. The van der Waals surface area contributed by atoms with Crippen LogP contribution in [0.1, 0.15) is 38.7 Å². The Morgan fingerprint density at radius 3 is 2.08 bits per heavy atom. The Kier molecular flexibility index (Phi) is 13.6. The Bertz CT molecular complexity index is 900. The molecule has 0 heterocycles. The maximum Gasteiger partial charge on any atom is 0.326 e. The van der Waals surface area contributed by atoms with Crippen molar-refractivity contribution >= 4 is 41.4 Å². The molecule has 5 atom stereocenters. The van der Waals surface area contributed by atoms with Gasteiger partial charge in [-0.15, -0.1) is 0 Å². The predicted molar refractivity (Wildman–Crippen MR) is 136 cm³/mol. The third-order valence-electron chi connectivity index (χ3n) is 5.67. The molecule has 200 valence electrons. The number of aliphatic carboxylic acids is 2. The topological polar surface area (TPSA) is 188 Å². The Balaban J connectivity index is 3.01. The number of hydrogen-bond donors (Lipinski definition) is 6.